The van der Waals surface area contributed by atoms with Crippen LogP contribution in [0.25, 0.3) is 0 Å². The van der Waals surface area contributed by atoms with Gasteiger partial charge < -0.3 is 5.32 Å². The van der Waals surface area contributed by atoms with Crippen molar-refractivity contribution in [2.45, 2.75) is 53.6 Å². The summed E-state index contributed by atoms with van der Waals surface area (Å²) >= 11 is 0. The van der Waals surface area contributed by atoms with Gasteiger partial charge in [-0.1, -0.05) is 26.8 Å². The molecule has 26 heavy (non-hydrogen) atoms. The van der Waals surface area contributed by atoms with Gasteiger partial charge in [-0.2, -0.15) is 0 Å². The van der Waals surface area contributed by atoms with Crippen LogP contribution in [-0.4, -0.2) is 33.9 Å². The van der Waals surface area contributed by atoms with Crippen molar-refractivity contribution in [3.63, 3.8) is 0 Å². The lowest BCUT2D eigenvalue weighted by Crippen LogP contribution is -2.32. The van der Waals surface area contributed by atoms with Crippen molar-refractivity contribution in [1.82, 2.24) is 14.9 Å². The Hall–Kier alpha value is -2.27. The summed E-state index contributed by atoms with van der Waals surface area (Å²) in [6.07, 6.45) is 4.45. The van der Waals surface area contributed by atoms with E-state index in [2.05, 4.69) is 47.1 Å². The van der Waals surface area contributed by atoms with E-state index in [1.165, 1.54) is 5.56 Å². The van der Waals surface area contributed by atoms with Crippen LogP contribution in [-0.2, 0) is 17.8 Å². The third kappa shape index (κ3) is 5.63. The SMILES string of the molecule is Cc1ccnc(C[C@@H](C)N(C)Cc2cccnc2NC(=O)C(C)(C)C)c1. The molecule has 0 radical (unpaired) electrons. The fourth-order valence-electron chi connectivity index (χ4n) is 2.57. The average molecular weight is 354 g/mol. The van der Waals surface area contributed by atoms with E-state index in [1.807, 2.05) is 45.2 Å². The van der Waals surface area contributed by atoms with Gasteiger partial charge >= 0.3 is 0 Å². The molecule has 1 amide bonds. The number of pyridine rings is 2. The van der Waals surface area contributed by atoms with Crippen LogP contribution in [0.2, 0.25) is 0 Å². The van der Waals surface area contributed by atoms with Crippen LogP contribution < -0.4 is 5.32 Å². The number of hydrogen-bond donors (Lipinski definition) is 1. The van der Waals surface area contributed by atoms with Crippen molar-refractivity contribution in [1.29, 1.82) is 0 Å². The van der Waals surface area contributed by atoms with Gasteiger partial charge in [0.25, 0.3) is 0 Å². The van der Waals surface area contributed by atoms with E-state index in [1.54, 1.807) is 6.20 Å². The number of amides is 1. The fourth-order valence-corrected chi connectivity index (χ4v) is 2.57. The standard InChI is InChI=1S/C21H30N4O/c1-15-9-11-22-18(12-15)13-16(2)25(6)14-17-8-7-10-23-19(17)24-20(26)21(3,4)5/h7-12,16H,13-14H2,1-6H3,(H,23,24,26)/t16-/m1/s1. The molecule has 0 saturated carbocycles. The van der Waals surface area contributed by atoms with Gasteiger partial charge in [0.1, 0.15) is 5.82 Å². The summed E-state index contributed by atoms with van der Waals surface area (Å²) < 4.78 is 0. The number of likely N-dealkylation sites (N-methyl/N-ethyl adjacent to an activating group) is 1. The van der Waals surface area contributed by atoms with Crippen molar-refractivity contribution < 1.29 is 4.79 Å². The number of aromatic nitrogens is 2. The topological polar surface area (TPSA) is 58.1 Å². The molecule has 5 heteroatoms. The quantitative estimate of drug-likeness (QED) is 0.856. The Morgan fingerprint density at radius 1 is 1.23 bits per heavy atom. The molecule has 0 aliphatic carbocycles. The summed E-state index contributed by atoms with van der Waals surface area (Å²) in [5.74, 6) is 0.609. The van der Waals surface area contributed by atoms with Gasteiger partial charge in [-0.05, 0) is 44.7 Å². The van der Waals surface area contributed by atoms with Crippen LogP contribution in [0, 0.1) is 12.3 Å². The van der Waals surface area contributed by atoms with E-state index < -0.39 is 5.41 Å². The molecule has 1 atom stereocenters. The van der Waals surface area contributed by atoms with E-state index in [4.69, 9.17) is 0 Å². The highest BCUT2D eigenvalue weighted by atomic mass is 16.2. The van der Waals surface area contributed by atoms with E-state index >= 15 is 0 Å². The van der Waals surface area contributed by atoms with Gasteiger partial charge in [0.05, 0.1) is 0 Å². The Balaban J connectivity index is 2.06. The number of carbonyl (C=O) groups is 1. The average Bonchev–Trinajstić information content (AvgIpc) is 2.55. The van der Waals surface area contributed by atoms with Crippen LogP contribution in [0.5, 0.6) is 0 Å². The molecular weight excluding hydrogens is 324 g/mol. The van der Waals surface area contributed by atoms with Gasteiger partial charge in [0.15, 0.2) is 0 Å². The molecule has 0 saturated heterocycles. The monoisotopic (exact) mass is 354 g/mol. The number of nitrogens with zero attached hydrogens (tertiary/aromatic N) is 3. The molecule has 5 nitrogen and oxygen atoms in total. The summed E-state index contributed by atoms with van der Waals surface area (Å²) in [5, 5.41) is 2.96. The first-order valence-electron chi connectivity index (χ1n) is 9.04. The van der Waals surface area contributed by atoms with Gasteiger partial charge in [0.2, 0.25) is 5.91 Å². The molecule has 0 spiro atoms. The third-order valence-corrected chi connectivity index (χ3v) is 4.45. The smallest absolute Gasteiger partial charge is 0.230 e. The third-order valence-electron chi connectivity index (χ3n) is 4.45. The summed E-state index contributed by atoms with van der Waals surface area (Å²) in [6.45, 7) is 10.7. The minimum atomic E-state index is -0.454. The number of anilines is 1. The first-order chi connectivity index (χ1) is 12.2. The predicted octanol–water partition coefficient (Wildman–Crippen LogP) is 3.83. The predicted molar refractivity (Wildman–Crippen MR) is 106 cm³/mol. The number of nitrogens with one attached hydrogen (secondary N) is 1. The van der Waals surface area contributed by atoms with Crippen molar-refractivity contribution >= 4 is 11.7 Å². The van der Waals surface area contributed by atoms with Crippen LogP contribution in [0.15, 0.2) is 36.7 Å². The van der Waals surface area contributed by atoms with E-state index in [0.717, 1.165) is 17.7 Å². The Labute approximate surface area is 156 Å². The first kappa shape index (κ1) is 20.0. The van der Waals surface area contributed by atoms with Gasteiger partial charge in [-0.15, -0.1) is 0 Å². The molecular formula is C21H30N4O. The van der Waals surface area contributed by atoms with Crippen molar-refractivity contribution in [2.75, 3.05) is 12.4 Å². The van der Waals surface area contributed by atoms with E-state index in [-0.39, 0.29) is 5.91 Å². The highest BCUT2D eigenvalue weighted by Gasteiger charge is 2.23. The lowest BCUT2D eigenvalue weighted by molar-refractivity contribution is -0.123. The molecule has 2 heterocycles. The molecule has 0 unspecified atom stereocenters. The Bertz CT molecular complexity index is 752. The number of carbonyl (C=O) groups excluding carboxylic acids is 1. The van der Waals surface area contributed by atoms with Crippen molar-refractivity contribution in [2.24, 2.45) is 5.41 Å². The summed E-state index contributed by atoms with van der Waals surface area (Å²) in [5.41, 5.74) is 2.88. The fraction of sp³-hybridized carbons (Fsp3) is 0.476. The molecule has 2 aromatic heterocycles. The highest BCUT2D eigenvalue weighted by Crippen LogP contribution is 2.20. The molecule has 2 rings (SSSR count). The Morgan fingerprint density at radius 3 is 2.62 bits per heavy atom. The zero-order valence-corrected chi connectivity index (χ0v) is 16.7. The van der Waals surface area contributed by atoms with Crippen LogP contribution in [0.3, 0.4) is 0 Å². The first-order valence-corrected chi connectivity index (χ1v) is 9.04. The highest BCUT2D eigenvalue weighted by molar-refractivity contribution is 5.94. The minimum Gasteiger partial charge on any atom is -0.310 e. The summed E-state index contributed by atoms with van der Waals surface area (Å²) in [6, 6.07) is 8.37. The maximum atomic E-state index is 12.3. The molecule has 2 aromatic rings. The zero-order valence-electron chi connectivity index (χ0n) is 16.7. The molecule has 0 aliphatic heterocycles. The molecule has 0 bridgehead atoms. The summed E-state index contributed by atoms with van der Waals surface area (Å²) in [7, 11) is 2.09. The second kappa shape index (κ2) is 8.41. The number of hydrogen-bond acceptors (Lipinski definition) is 4. The van der Waals surface area contributed by atoms with Crippen molar-refractivity contribution in [3.05, 3.63) is 53.5 Å². The molecule has 1 N–H and O–H groups in total. The van der Waals surface area contributed by atoms with Gasteiger partial charge in [0, 0.05) is 48.1 Å². The lowest BCUT2D eigenvalue weighted by atomic mass is 9.95. The van der Waals surface area contributed by atoms with Crippen molar-refractivity contribution in [3.8, 4) is 0 Å². The number of aryl methyl sites for hydroxylation is 1. The second-order valence-corrected chi connectivity index (χ2v) is 8.01. The van der Waals surface area contributed by atoms with Crippen LogP contribution in [0.4, 0.5) is 5.82 Å². The van der Waals surface area contributed by atoms with Crippen LogP contribution >= 0.6 is 0 Å². The summed E-state index contributed by atoms with van der Waals surface area (Å²) in [4.78, 5) is 23.4. The minimum absolute atomic E-state index is 0.0305. The molecule has 0 aliphatic rings. The lowest BCUT2D eigenvalue weighted by Gasteiger charge is -2.26. The van der Waals surface area contributed by atoms with Crippen LogP contribution in [0.1, 0.15) is 44.5 Å². The molecule has 0 fully saturated rings. The zero-order chi connectivity index (χ0) is 19.3. The largest absolute Gasteiger partial charge is 0.310 e. The second-order valence-electron chi connectivity index (χ2n) is 8.01. The van der Waals surface area contributed by atoms with Gasteiger partial charge in [-0.3, -0.25) is 14.7 Å². The Morgan fingerprint density at radius 2 is 1.96 bits per heavy atom. The Kier molecular flexibility index (Phi) is 6.48. The van der Waals surface area contributed by atoms with E-state index in [0.29, 0.717) is 18.4 Å². The number of rotatable bonds is 6. The normalized spacial score (nSPS) is 12.9. The molecule has 140 valence electrons. The van der Waals surface area contributed by atoms with Gasteiger partial charge in [-0.25, -0.2) is 4.98 Å². The molecule has 0 aromatic carbocycles. The maximum Gasteiger partial charge on any atom is 0.230 e. The van der Waals surface area contributed by atoms with E-state index in [9.17, 15) is 4.79 Å². The maximum absolute atomic E-state index is 12.3.